The van der Waals surface area contributed by atoms with Crippen molar-refractivity contribution in [1.82, 2.24) is 4.72 Å². The standard InChI is InChI=1S/C11H16N2O3S/c1-17(14,15)12-6-7-13-8-9-16-11-5-3-2-4-10(11)13/h2-5,12H,6-9H2,1H3. The van der Waals surface area contributed by atoms with E-state index < -0.39 is 10.0 Å². The number of sulfonamides is 1. The molecular weight excluding hydrogens is 240 g/mol. The number of para-hydroxylation sites is 2. The zero-order valence-corrected chi connectivity index (χ0v) is 10.5. The molecule has 1 N–H and O–H groups in total. The highest BCUT2D eigenvalue weighted by Gasteiger charge is 2.16. The summed E-state index contributed by atoms with van der Waals surface area (Å²) in [4.78, 5) is 2.12. The Morgan fingerprint density at radius 1 is 1.41 bits per heavy atom. The quantitative estimate of drug-likeness (QED) is 0.849. The average molecular weight is 256 g/mol. The summed E-state index contributed by atoms with van der Waals surface area (Å²) in [6.45, 7) is 2.47. The van der Waals surface area contributed by atoms with Crippen LogP contribution in [0.25, 0.3) is 0 Å². The van der Waals surface area contributed by atoms with Crippen molar-refractivity contribution >= 4 is 15.7 Å². The minimum atomic E-state index is -3.11. The molecule has 1 heterocycles. The van der Waals surface area contributed by atoms with Gasteiger partial charge in [-0.2, -0.15) is 0 Å². The van der Waals surface area contributed by atoms with Crippen molar-refractivity contribution in [3.05, 3.63) is 24.3 Å². The molecule has 1 aromatic rings. The van der Waals surface area contributed by atoms with E-state index in [0.717, 1.165) is 18.0 Å². The molecule has 94 valence electrons. The molecule has 0 saturated heterocycles. The third-order valence-electron chi connectivity index (χ3n) is 2.57. The van der Waals surface area contributed by atoms with E-state index in [1.165, 1.54) is 6.26 Å². The minimum Gasteiger partial charge on any atom is -0.490 e. The van der Waals surface area contributed by atoms with Crippen molar-refractivity contribution in [3.63, 3.8) is 0 Å². The summed E-state index contributed by atoms with van der Waals surface area (Å²) in [6, 6.07) is 7.78. The predicted octanol–water partition coefficient (Wildman–Crippen LogP) is 0.435. The number of ether oxygens (including phenoxy) is 1. The molecule has 1 aliphatic heterocycles. The molecule has 1 aromatic carbocycles. The molecule has 0 bridgehead atoms. The van der Waals surface area contributed by atoms with Gasteiger partial charge in [-0.25, -0.2) is 13.1 Å². The Bertz CT molecular complexity index is 487. The van der Waals surface area contributed by atoms with E-state index in [1.54, 1.807) is 0 Å². The molecular formula is C11H16N2O3S. The largest absolute Gasteiger partial charge is 0.490 e. The van der Waals surface area contributed by atoms with Crippen LogP contribution in [0, 0.1) is 0 Å². The van der Waals surface area contributed by atoms with Crippen LogP contribution in [0.3, 0.4) is 0 Å². The summed E-state index contributed by atoms with van der Waals surface area (Å²) in [5, 5.41) is 0. The van der Waals surface area contributed by atoms with E-state index in [9.17, 15) is 8.42 Å². The SMILES string of the molecule is CS(=O)(=O)NCCN1CCOc2ccccc21. The Morgan fingerprint density at radius 3 is 2.94 bits per heavy atom. The van der Waals surface area contributed by atoms with Gasteiger partial charge in [-0.05, 0) is 12.1 Å². The van der Waals surface area contributed by atoms with E-state index in [-0.39, 0.29) is 0 Å². The van der Waals surface area contributed by atoms with Crippen LogP contribution in [0.4, 0.5) is 5.69 Å². The van der Waals surface area contributed by atoms with Crippen LogP contribution in [0.15, 0.2) is 24.3 Å². The fourth-order valence-electron chi connectivity index (χ4n) is 1.82. The van der Waals surface area contributed by atoms with Gasteiger partial charge in [0.25, 0.3) is 0 Å². The van der Waals surface area contributed by atoms with Crippen LogP contribution in [-0.2, 0) is 10.0 Å². The van der Waals surface area contributed by atoms with Crippen LogP contribution >= 0.6 is 0 Å². The molecule has 0 radical (unpaired) electrons. The summed E-state index contributed by atoms with van der Waals surface area (Å²) < 4.78 is 29.9. The fourth-order valence-corrected chi connectivity index (χ4v) is 2.29. The van der Waals surface area contributed by atoms with Gasteiger partial charge in [-0.3, -0.25) is 0 Å². The molecule has 0 aromatic heterocycles. The molecule has 0 amide bonds. The van der Waals surface area contributed by atoms with Crippen LogP contribution in [0.1, 0.15) is 0 Å². The first kappa shape index (κ1) is 12.2. The van der Waals surface area contributed by atoms with Crippen molar-refractivity contribution in [3.8, 4) is 5.75 Å². The lowest BCUT2D eigenvalue weighted by Crippen LogP contribution is -2.38. The van der Waals surface area contributed by atoms with Gasteiger partial charge in [0.15, 0.2) is 0 Å². The van der Waals surface area contributed by atoms with Crippen molar-refractivity contribution in [1.29, 1.82) is 0 Å². The number of nitrogens with zero attached hydrogens (tertiary/aromatic N) is 1. The molecule has 0 aliphatic carbocycles. The molecule has 0 unspecified atom stereocenters. The first-order chi connectivity index (χ1) is 8.06. The van der Waals surface area contributed by atoms with Gasteiger partial charge < -0.3 is 9.64 Å². The third-order valence-corrected chi connectivity index (χ3v) is 3.30. The Hall–Kier alpha value is -1.27. The lowest BCUT2D eigenvalue weighted by molar-refractivity contribution is 0.308. The Kier molecular flexibility index (Phi) is 3.54. The Labute approximate surface area is 101 Å². The number of anilines is 1. The zero-order valence-electron chi connectivity index (χ0n) is 9.72. The smallest absolute Gasteiger partial charge is 0.208 e. The van der Waals surface area contributed by atoms with Crippen molar-refractivity contribution in [2.45, 2.75) is 0 Å². The van der Waals surface area contributed by atoms with E-state index in [1.807, 2.05) is 24.3 Å². The highest BCUT2D eigenvalue weighted by atomic mass is 32.2. The molecule has 1 aliphatic rings. The van der Waals surface area contributed by atoms with Crippen molar-refractivity contribution < 1.29 is 13.2 Å². The Morgan fingerprint density at radius 2 is 2.18 bits per heavy atom. The second-order valence-corrected chi connectivity index (χ2v) is 5.80. The Balaban J connectivity index is 1.99. The van der Waals surface area contributed by atoms with Crippen LogP contribution < -0.4 is 14.4 Å². The summed E-state index contributed by atoms with van der Waals surface area (Å²) in [6.07, 6.45) is 1.17. The monoisotopic (exact) mass is 256 g/mol. The van der Waals surface area contributed by atoms with Crippen LogP contribution in [-0.4, -0.2) is 40.9 Å². The number of rotatable bonds is 4. The summed E-state index contributed by atoms with van der Waals surface area (Å²) >= 11 is 0. The normalized spacial score (nSPS) is 15.2. The number of fused-ring (bicyclic) bond motifs is 1. The summed E-state index contributed by atoms with van der Waals surface area (Å²) in [5.74, 6) is 0.859. The maximum atomic E-state index is 11.0. The van der Waals surface area contributed by atoms with E-state index >= 15 is 0 Å². The molecule has 2 rings (SSSR count). The van der Waals surface area contributed by atoms with E-state index in [4.69, 9.17) is 4.74 Å². The van der Waals surface area contributed by atoms with Gasteiger partial charge in [0.1, 0.15) is 12.4 Å². The maximum Gasteiger partial charge on any atom is 0.208 e. The first-order valence-corrected chi connectivity index (χ1v) is 7.37. The summed E-state index contributed by atoms with van der Waals surface area (Å²) in [7, 11) is -3.11. The van der Waals surface area contributed by atoms with E-state index in [2.05, 4.69) is 9.62 Å². The third kappa shape index (κ3) is 3.34. The molecule has 17 heavy (non-hydrogen) atoms. The minimum absolute atomic E-state index is 0.410. The lowest BCUT2D eigenvalue weighted by Gasteiger charge is -2.31. The predicted molar refractivity (Wildman–Crippen MR) is 67.0 cm³/mol. The molecule has 5 nitrogen and oxygen atoms in total. The van der Waals surface area contributed by atoms with Gasteiger partial charge in [0.2, 0.25) is 10.0 Å². The van der Waals surface area contributed by atoms with Gasteiger partial charge in [-0.15, -0.1) is 0 Å². The van der Waals surface area contributed by atoms with Gasteiger partial charge in [0.05, 0.1) is 18.5 Å². The highest BCUT2D eigenvalue weighted by Crippen LogP contribution is 2.30. The van der Waals surface area contributed by atoms with E-state index in [0.29, 0.717) is 19.7 Å². The number of benzene rings is 1. The van der Waals surface area contributed by atoms with Crippen LogP contribution in [0.2, 0.25) is 0 Å². The lowest BCUT2D eigenvalue weighted by atomic mass is 10.2. The molecule has 0 spiro atoms. The number of hydrogen-bond donors (Lipinski definition) is 1. The fraction of sp³-hybridized carbons (Fsp3) is 0.455. The molecule has 0 saturated carbocycles. The second-order valence-electron chi connectivity index (χ2n) is 3.97. The van der Waals surface area contributed by atoms with Gasteiger partial charge >= 0.3 is 0 Å². The maximum absolute atomic E-state index is 11.0. The van der Waals surface area contributed by atoms with Gasteiger partial charge in [0, 0.05) is 13.1 Å². The highest BCUT2D eigenvalue weighted by molar-refractivity contribution is 7.88. The van der Waals surface area contributed by atoms with Crippen LogP contribution in [0.5, 0.6) is 5.75 Å². The topological polar surface area (TPSA) is 58.6 Å². The average Bonchev–Trinajstić information content (AvgIpc) is 2.28. The number of hydrogen-bond acceptors (Lipinski definition) is 4. The van der Waals surface area contributed by atoms with Gasteiger partial charge in [-0.1, -0.05) is 12.1 Å². The molecule has 6 heteroatoms. The second kappa shape index (κ2) is 4.93. The van der Waals surface area contributed by atoms with Crippen molar-refractivity contribution in [2.24, 2.45) is 0 Å². The first-order valence-electron chi connectivity index (χ1n) is 5.48. The van der Waals surface area contributed by atoms with Crippen molar-refractivity contribution in [2.75, 3.05) is 37.4 Å². The summed E-state index contributed by atoms with van der Waals surface area (Å²) in [5.41, 5.74) is 1.02. The molecule has 0 atom stereocenters. The zero-order chi connectivity index (χ0) is 12.3. The molecule has 0 fully saturated rings. The number of nitrogens with one attached hydrogen (secondary N) is 1.